The smallest absolute Gasteiger partial charge is 0.243 e. The molecule has 0 heterocycles. The van der Waals surface area contributed by atoms with Gasteiger partial charge in [0.25, 0.3) is 0 Å². The van der Waals surface area contributed by atoms with Gasteiger partial charge in [-0.3, -0.25) is 9.59 Å². The Morgan fingerprint density at radius 1 is 1.25 bits per heavy atom. The third-order valence-corrected chi connectivity index (χ3v) is 3.35. The lowest BCUT2D eigenvalue weighted by atomic mass is 9.85. The fourth-order valence-corrected chi connectivity index (χ4v) is 1.99. The van der Waals surface area contributed by atoms with Gasteiger partial charge in [-0.1, -0.05) is 6.42 Å². The minimum atomic E-state index is -0.221. The third kappa shape index (κ3) is 3.98. The SMILES string of the molecule is CCOc1ccc(NC(=O)CNC(=O)C2CCC2)cc1. The maximum absolute atomic E-state index is 11.7. The van der Waals surface area contributed by atoms with Crippen LogP contribution in [0.2, 0.25) is 0 Å². The summed E-state index contributed by atoms with van der Waals surface area (Å²) in [5.41, 5.74) is 0.691. The average Bonchev–Trinajstić information content (AvgIpc) is 2.37. The second-order valence-corrected chi connectivity index (χ2v) is 4.85. The number of hydrogen-bond donors (Lipinski definition) is 2. The molecular formula is C15H20N2O3. The normalized spacial score (nSPS) is 14.2. The van der Waals surface area contributed by atoms with Crippen LogP contribution < -0.4 is 15.4 Å². The lowest BCUT2D eigenvalue weighted by molar-refractivity contribution is -0.129. The van der Waals surface area contributed by atoms with Gasteiger partial charge in [-0.2, -0.15) is 0 Å². The van der Waals surface area contributed by atoms with Crippen molar-refractivity contribution in [3.8, 4) is 5.75 Å². The van der Waals surface area contributed by atoms with Crippen molar-refractivity contribution < 1.29 is 14.3 Å². The number of rotatable bonds is 6. The number of ether oxygens (including phenoxy) is 1. The zero-order valence-corrected chi connectivity index (χ0v) is 11.6. The van der Waals surface area contributed by atoms with Crippen LogP contribution in [0.15, 0.2) is 24.3 Å². The fraction of sp³-hybridized carbons (Fsp3) is 0.467. The Balaban J connectivity index is 1.74. The van der Waals surface area contributed by atoms with E-state index in [9.17, 15) is 9.59 Å². The molecule has 1 aliphatic carbocycles. The lowest BCUT2D eigenvalue weighted by Gasteiger charge is -2.23. The molecule has 1 aliphatic rings. The van der Waals surface area contributed by atoms with Crippen LogP contribution in [0.5, 0.6) is 5.75 Å². The molecule has 1 saturated carbocycles. The van der Waals surface area contributed by atoms with Gasteiger partial charge in [0.15, 0.2) is 0 Å². The van der Waals surface area contributed by atoms with E-state index in [0.29, 0.717) is 12.3 Å². The van der Waals surface area contributed by atoms with Gasteiger partial charge in [0.1, 0.15) is 5.75 Å². The standard InChI is InChI=1S/C15H20N2O3/c1-2-20-13-8-6-12(7-9-13)17-14(18)10-16-15(19)11-4-3-5-11/h6-9,11H,2-5,10H2,1H3,(H,16,19)(H,17,18). The number of amides is 2. The molecule has 0 aliphatic heterocycles. The van der Waals surface area contributed by atoms with Crippen molar-refractivity contribution in [1.29, 1.82) is 0 Å². The Labute approximate surface area is 118 Å². The molecule has 1 aromatic carbocycles. The Morgan fingerprint density at radius 3 is 2.50 bits per heavy atom. The summed E-state index contributed by atoms with van der Waals surface area (Å²) in [5, 5.41) is 5.39. The highest BCUT2D eigenvalue weighted by atomic mass is 16.5. The summed E-state index contributed by atoms with van der Waals surface area (Å²) >= 11 is 0. The highest BCUT2D eigenvalue weighted by Crippen LogP contribution is 2.26. The number of carbonyl (C=O) groups excluding carboxylic acids is 2. The second-order valence-electron chi connectivity index (χ2n) is 4.85. The van der Waals surface area contributed by atoms with Crippen molar-refractivity contribution >= 4 is 17.5 Å². The second kappa shape index (κ2) is 6.93. The monoisotopic (exact) mass is 276 g/mol. The molecule has 108 valence electrons. The Morgan fingerprint density at radius 2 is 1.95 bits per heavy atom. The molecule has 0 radical (unpaired) electrons. The molecule has 0 unspecified atom stereocenters. The average molecular weight is 276 g/mol. The minimum absolute atomic E-state index is 0.0157. The van der Waals surface area contributed by atoms with Crippen LogP contribution in [0.1, 0.15) is 26.2 Å². The molecule has 5 heteroatoms. The first-order chi connectivity index (χ1) is 9.69. The molecule has 2 N–H and O–H groups in total. The summed E-state index contributed by atoms with van der Waals surface area (Å²) in [6.07, 6.45) is 2.98. The van der Waals surface area contributed by atoms with Crippen molar-refractivity contribution in [3.05, 3.63) is 24.3 Å². The lowest BCUT2D eigenvalue weighted by Crippen LogP contribution is -2.39. The van der Waals surface area contributed by atoms with E-state index in [1.54, 1.807) is 24.3 Å². The summed E-state index contributed by atoms with van der Waals surface area (Å²) in [6, 6.07) is 7.14. The molecule has 2 amide bonds. The van der Waals surface area contributed by atoms with Gasteiger partial charge >= 0.3 is 0 Å². The zero-order valence-electron chi connectivity index (χ0n) is 11.6. The molecule has 1 fully saturated rings. The largest absolute Gasteiger partial charge is 0.494 e. The van der Waals surface area contributed by atoms with Crippen LogP contribution in [0, 0.1) is 5.92 Å². The molecule has 0 saturated heterocycles. The first-order valence-electron chi connectivity index (χ1n) is 6.99. The molecule has 0 bridgehead atoms. The molecule has 20 heavy (non-hydrogen) atoms. The summed E-state index contributed by atoms with van der Waals surface area (Å²) < 4.78 is 5.32. The molecule has 2 rings (SSSR count). The van der Waals surface area contributed by atoms with E-state index in [2.05, 4.69) is 10.6 Å². The van der Waals surface area contributed by atoms with Crippen molar-refractivity contribution in [2.24, 2.45) is 5.92 Å². The van der Waals surface area contributed by atoms with Crippen LogP contribution >= 0.6 is 0 Å². The van der Waals surface area contributed by atoms with Crippen LogP contribution in [-0.4, -0.2) is 25.0 Å². The van der Waals surface area contributed by atoms with Crippen LogP contribution in [0.3, 0.4) is 0 Å². The summed E-state index contributed by atoms with van der Waals surface area (Å²) in [5.74, 6) is 0.636. The maximum atomic E-state index is 11.7. The number of carbonyl (C=O) groups is 2. The molecule has 1 aromatic rings. The molecule has 0 atom stereocenters. The predicted octanol–water partition coefficient (Wildman–Crippen LogP) is 1.94. The Kier molecular flexibility index (Phi) is 4.98. The van der Waals surface area contributed by atoms with E-state index >= 15 is 0 Å². The zero-order chi connectivity index (χ0) is 14.4. The molecule has 0 spiro atoms. The number of nitrogens with one attached hydrogen (secondary N) is 2. The summed E-state index contributed by atoms with van der Waals surface area (Å²) in [4.78, 5) is 23.3. The number of hydrogen-bond acceptors (Lipinski definition) is 3. The number of anilines is 1. The van der Waals surface area contributed by atoms with E-state index in [1.807, 2.05) is 6.92 Å². The quantitative estimate of drug-likeness (QED) is 0.834. The predicted molar refractivity (Wildman–Crippen MR) is 76.6 cm³/mol. The van der Waals surface area contributed by atoms with Gasteiger partial charge < -0.3 is 15.4 Å². The summed E-state index contributed by atoms with van der Waals surface area (Å²) in [6.45, 7) is 2.54. The van der Waals surface area contributed by atoms with Crippen molar-refractivity contribution in [3.63, 3.8) is 0 Å². The molecule has 0 aromatic heterocycles. The maximum Gasteiger partial charge on any atom is 0.243 e. The van der Waals surface area contributed by atoms with Gasteiger partial charge in [0, 0.05) is 11.6 Å². The van der Waals surface area contributed by atoms with Crippen molar-refractivity contribution in [2.75, 3.05) is 18.5 Å². The first kappa shape index (κ1) is 14.4. The van der Waals surface area contributed by atoms with Crippen molar-refractivity contribution in [1.82, 2.24) is 5.32 Å². The van der Waals surface area contributed by atoms with E-state index in [4.69, 9.17) is 4.74 Å². The van der Waals surface area contributed by atoms with Gasteiger partial charge in [-0.25, -0.2) is 0 Å². The topological polar surface area (TPSA) is 67.4 Å². The van der Waals surface area contributed by atoms with Crippen molar-refractivity contribution in [2.45, 2.75) is 26.2 Å². The van der Waals surface area contributed by atoms with Gasteiger partial charge in [0.05, 0.1) is 13.2 Å². The Bertz CT molecular complexity index is 467. The number of benzene rings is 1. The van der Waals surface area contributed by atoms with E-state index in [-0.39, 0.29) is 24.3 Å². The first-order valence-corrected chi connectivity index (χ1v) is 6.99. The van der Waals surface area contributed by atoms with Crippen LogP contribution in [0.25, 0.3) is 0 Å². The van der Waals surface area contributed by atoms with E-state index in [0.717, 1.165) is 25.0 Å². The molecular weight excluding hydrogens is 256 g/mol. The van der Waals surface area contributed by atoms with Gasteiger partial charge in [-0.05, 0) is 44.0 Å². The van der Waals surface area contributed by atoms with E-state index < -0.39 is 0 Å². The minimum Gasteiger partial charge on any atom is -0.494 e. The Hall–Kier alpha value is -2.04. The van der Waals surface area contributed by atoms with Gasteiger partial charge in [0.2, 0.25) is 11.8 Å². The van der Waals surface area contributed by atoms with Crippen LogP contribution in [0.4, 0.5) is 5.69 Å². The van der Waals surface area contributed by atoms with Gasteiger partial charge in [-0.15, -0.1) is 0 Å². The fourth-order valence-electron chi connectivity index (χ4n) is 1.99. The van der Waals surface area contributed by atoms with Crippen LogP contribution in [-0.2, 0) is 9.59 Å². The summed E-state index contributed by atoms with van der Waals surface area (Å²) in [7, 11) is 0. The third-order valence-electron chi connectivity index (χ3n) is 3.35. The highest BCUT2D eigenvalue weighted by Gasteiger charge is 2.25. The van der Waals surface area contributed by atoms with E-state index in [1.165, 1.54) is 0 Å². The molecule has 5 nitrogen and oxygen atoms in total. The highest BCUT2D eigenvalue weighted by molar-refractivity contribution is 5.94.